The molecule has 2 N–H and O–H groups in total. The fourth-order valence-electron chi connectivity index (χ4n) is 2.84. The predicted molar refractivity (Wildman–Crippen MR) is 119 cm³/mol. The minimum Gasteiger partial charge on any atom is -0.483 e. The van der Waals surface area contributed by atoms with E-state index in [2.05, 4.69) is 52.2 Å². The normalized spacial score (nSPS) is 10.8. The van der Waals surface area contributed by atoms with E-state index in [9.17, 15) is 9.59 Å². The number of carbonyl (C=O) groups is 2. The van der Waals surface area contributed by atoms with Crippen molar-refractivity contribution < 1.29 is 14.3 Å². The van der Waals surface area contributed by atoms with Crippen LogP contribution in [0, 0.1) is 0 Å². The van der Waals surface area contributed by atoms with Gasteiger partial charge in [0.1, 0.15) is 5.75 Å². The Morgan fingerprint density at radius 1 is 1.10 bits per heavy atom. The van der Waals surface area contributed by atoms with Crippen molar-refractivity contribution in [1.82, 2.24) is 10.2 Å². The molecule has 0 heterocycles. The average Bonchev–Trinajstić information content (AvgIpc) is 2.71. The lowest BCUT2D eigenvalue weighted by Gasteiger charge is -2.24. The Morgan fingerprint density at radius 2 is 1.79 bits per heavy atom. The number of amides is 2. The number of hydrogen-bond acceptors (Lipinski definition) is 4. The zero-order valence-electron chi connectivity index (χ0n) is 17.1. The van der Waals surface area contributed by atoms with Crippen LogP contribution in [0.1, 0.15) is 31.1 Å². The molecule has 2 amide bonds. The van der Waals surface area contributed by atoms with Crippen LogP contribution < -0.4 is 15.4 Å². The fourth-order valence-corrected chi connectivity index (χ4v) is 3.11. The molecule has 29 heavy (non-hydrogen) atoms. The summed E-state index contributed by atoms with van der Waals surface area (Å²) < 4.78 is 6.54. The molecule has 7 heteroatoms. The Hall–Kier alpha value is -2.38. The van der Waals surface area contributed by atoms with Crippen molar-refractivity contribution in [2.24, 2.45) is 0 Å². The summed E-state index contributed by atoms with van der Waals surface area (Å²) in [5.41, 5.74) is 1.09. The molecule has 0 aliphatic heterocycles. The molecule has 156 valence electrons. The number of carbonyl (C=O) groups excluding carboxylic acids is 2. The van der Waals surface area contributed by atoms with Crippen LogP contribution in [0.15, 0.2) is 53.0 Å². The van der Waals surface area contributed by atoms with Gasteiger partial charge in [0.05, 0.1) is 5.56 Å². The number of benzene rings is 2. The molecule has 0 saturated heterocycles. The van der Waals surface area contributed by atoms with Gasteiger partial charge in [-0.3, -0.25) is 14.5 Å². The summed E-state index contributed by atoms with van der Waals surface area (Å²) in [7, 11) is 0. The lowest BCUT2D eigenvalue weighted by atomic mass is 10.2. The highest BCUT2D eigenvalue weighted by molar-refractivity contribution is 9.10. The zero-order valence-corrected chi connectivity index (χ0v) is 18.7. The van der Waals surface area contributed by atoms with Crippen LogP contribution in [-0.4, -0.2) is 49.0 Å². The molecule has 2 aromatic rings. The lowest BCUT2D eigenvalue weighted by molar-refractivity contribution is -0.118. The number of likely N-dealkylation sites (N-methyl/N-ethyl adjacent to an activating group) is 1. The van der Waals surface area contributed by atoms with E-state index < -0.39 is 0 Å². The molecule has 0 fully saturated rings. The molecular weight excluding hydrogens is 434 g/mol. The van der Waals surface area contributed by atoms with Crippen molar-refractivity contribution in [2.45, 2.75) is 26.8 Å². The SMILES string of the molecule is CCN(CCNC(=O)c1ccccc1OCC(=O)Nc1ccc(Br)cc1)C(C)C. The molecule has 0 aliphatic rings. The largest absolute Gasteiger partial charge is 0.483 e. The number of halogens is 1. The van der Waals surface area contributed by atoms with E-state index in [1.165, 1.54) is 0 Å². The van der Waals surface area contributed by atoms with E-state index in [1.54, 1.807) is 36.4 Å². The highest BCUT2D eigenvalue weighted by atomic mass is 79.9. The second kappa shape index (κ2) is 11.6. The van der Waals surface area contributed by atoms with E-state index in [0.29, 0.717) is 29.6 Å². The zero-order chi connectivity index (χ0) is 21.2. The van der Waals surface area contributed by atoms with Gasteiger partial charge in [-0.15, -0.1) is 0 Å². The molecule has 0 unspecified atom stereocenters. The minimum atomic E-state index is -0.293. The highest BCUT2D eigenvalue weighted by Gasteiger charge is 2.14. The van der Waals surface area contributed by atoms with Gasteiger partial charge in [0, 0.05) is 29.3 Å². The van der Waals surface area contributed by atoms with E-state index in [0.717, 1.165) is 17.6 Å². The van der Waals surface area contributed by atoms with Crippen LogP contribution >= 0.6 is 15.9 Å². The van der Waals surface area contributed by atoms with Crippen molar-refractivity contribution in [3.05, 3.63) is 58.6 Å². The van der Waals surface area contributed by atoms with Crippen LogP contribution in [0.4, 0.5) is 5.69 Å². The summed E-state index contributed by atoms with van der Waals surface area (Å²) in [6, 6.07) is 14.6. The first-order valence-electron chi connectivity index (χ1n) is 9.70. The Balaban J connectivity index is 1.89. The quantitative estimate of drug-likeness (QED) is 0.562. The van der Waals surface area contributed by atoms with Crippen molar-refractivity contribution in [3.63, 3.8) is 0 Å². The summed E-state index contributed by atoms with van der Waals surface area (Å²) in [6.45, 7) is 8.44. The van der Waals surface area contributed by atoms with Gasteiger partial charge in [-0.05, 0) is 56.8 Å². The average molecular weight is 462 g/mol. The first kappa shape index (κ1) is 22.9. The van der Waals surface area contributed by atoms with Gasteiger partial charge in [-0.2, -0.15) is 0 Å². The van der Waals surface area contributed by atoms with Crippen LogP contribution in [-0.2, 0) is 4.79 Å². The van der Waals surface area contributed by atoms with Crippen molar-refractivity contribution in [1.29, 1.82) is 0 Å². The van der Waals surface area contributed by atoms with Gasteiger partial charge in [-0.25, -0.2) is 0 Å². The minimum absolute atomic E-state index is 0.183. The van der Waals surface area contributed by atoms with Gasteiger partial charge in [0.15, 0.2) is 6.61 Å². The molecular formula is C22H28BrN3O3. The van der Waals surface area contributed by atoms with E-state index >= 15 is 0 Å². The van der Waals surface area contributed by atoms with E-state index in [-0.39, 0.29) is 18.4 Å². The molecule has 2 aromatic carbocycles. The summed E-state index contributed by atoms with van der Waals surface area (Å²) in [5.74, 6) is -0.126. The summed E-state index contributed by atoms with van der Waals surface area (Å²) in [6.07, 6.45) is 0. The second-order valence-corrected chi connectivity index (χ2v) is 7.73. The van der Waals surface area contributed by atoms with Gasteiger partial charge in [0.25, 0.3) is 11.8 Å². The fraction of sp³-hybridized carbons (Fsp3) is 0.364. The van der Waals surface area contributed by atoms with Crippen LogP contribution in [0.5, 0.6) is 5.75 Å². The van der Waals surface area contributed by atoms with E-state index in [1.807, 2.05) is 12.1 Å². The maximum absolute atomic E-state index is 12.6. The standard InChI is InChI=1S/C22H28BrN3O3/c1-4-26(16(2)3)14-13-24-22(28)19-7-5-6-8-20(19)29-15-21(27)25-18-11-9-17(23)10-12-18/h5-12,16H,4,13-15H2,1-3H3,(H,24,28)(H,25,27). The van der Waals surface area contributed by atoms with Gasteiger partial charge < -0.3 is 15.4 Å². The maximum atomic E-state index is 12.6. The number of rotatable bonds is 10. The number of nitrogens with one attached hydrogen (secondary N) is 2. The lowest BCUT2D eigenvalue weighted by Crippen LogP contribution is -2.38. The van der Waals surface area contributed by atoms with E-state index in [4.69, 9.17) is 4.74 Å². The monoisotopic (exact) mass is 461 g/mol. The van der Waals surface area contributed by atoms with Crippen LogP contribution in [0.3, 0.4) is 0 Å². The first-order chi connectivity index (χ1) is 13.9. The third-order valence-electron chi connectivity index (χ3n) is 4.44. The number of hydrogen-bond donors (Lipinski definition) is 2. The Morgan fingerprint density at radius 3 is 2.45 bits per heavy atom. The molecule has 0 aliphatic carbocycles. The molecule has 0 bridgehead atoms. The van der Waals surface area contributed by atoms with Crippen LogP contribution in [0.25, 0.3) is 0 Å². The smallest absolute Gasteiger partial charge is 0.262 e. The Labute approximate surface area is 180 Å². The van der Waals surface area contributed by atoms with Gasteiger partial charge in [-0.1, -0.05) is 35.0 Å². The van der Waals surface area contributed by atoms with Crippen LogP contribution in [0.2, 0.25) is 0 Å². The molecule has 6 nitrogen and oxygen atoms in total. The van der Waals surface area contributed by atoms with Gasteiger partial charge >= 0.3 is 0 Å². The second-order valence-electron chi connectivity index (χ2n) is 6.82. The molecule has 0 aromatic heterocycles. The van der Waals surface area contributed by atoms with Crippen molar-refractivity contribution in [2.75, 3.05) is 31.6 Å². The molecule has 2 rings (SSSR count). The maximum Gasteiger partial charge on any atom is 0.262 e. The van der Waals surface area contributed by atoms with Gasteiger partial charge in [0.2, 0.25) is 0 Å². The predicted octanol–water partition coefficient (Wildman–Crippen LogP) is 3.93. The number of anilines is 1. The summed E-state index contributed by atoms with van der Waals surface area (Å²) >= 11 is 3.35. The van der Waals surface area contributed by atoms with Crippen molar-refractivity contribution in [3.8, 4) is 5.75 Å². The molecule has 0 spiro atoms. The summed E-state index contributed by atoms with van der Waals surface area (Å²) in [4.78, 5) is 27.0. The molecule has 0 atom stereocenters. The van der Waals surface area contributed by atoms with Crippen molar-refractivity contribution >= 4 is 33.4 Å². The molecule has 0 saturated carbocycles. The Kier molecular flexibility index (Phi) is 9.15. The number of para-hydroxylation sites is 1. The first-order valence-corrected chi connectivity index (χ1v) is 10.5. The molecule has 0 radical (unpaired) electrons. The number of nitrogens with zero attached hydrogens (tertiary/aromatic N) is 1. The topological polar surface area (TPSA) is 70.7 Å². The third kappa shape index (κ3) is 7.51. The Bertz CT molecular complexity index is 809. The third-order valence-corrected chi connectivity index (χ3v) is 4.97. The number of ether oxygens (including phenoxy) is 1. The summed E-state index contributed by atoms with van der Waals surface area (Å²) in [5, 5.41) is 5.69. The highest BCUT2D eigenvalue weighted by Crippen LogP contribution is 2.18.